The quantitative estimate of drug-likeness (QED) is 0.338. The zero-order chi connectivity index (χ0) is 8.81. The molecule has 0 aliphatic carbocycles. The van der Waals surface area contributed by atoms with Crippen molar-refractivity contribution in [2.45, 2.75) is 13.8 Å². The molecule has 1 aromatic heterocycles. The van der Waals surface area contributed by atoms with Crippen LogP contribution in [0.15, 0.2) is 12.4 Å². The molecule has 0 fully saturated rings. The molecule has 0 unspecified atom stereocenters. The summed E-state index contributed by atoms with van der Waals surface area (Å²) in [5, 5.41) is 0. The van der Waals surface area contributed by atoms with E-state index in [9.17, 15) is 0 Å². The van der Waals surface area contributed by atoms with E-state index in [2.05, 4.69) is 11.3 Å². The second-order valence-electron chi connectivity index (χ2n) is 2.03. The molecule has 0 N–H and O–H groups in total. The Morgan fingerprint density at radius 2 is 1.86 bits per heavy atom. The van der Waals surface area contributed by atoms with E-state index in [0.717, 1.165) is 0 Å². The molecule has 0 atom stereocenters. The first-order valence-corrected chi connectivity index (χ1v) is 3.92. The Morgan fingerprint density at radius 1 is 1.29 bits per heavy atom. The van der Waals surface area contributed by atoms with Crippen molar-refractivity contribution < 1.29 is 47.2 Å². The van der Waals surface area contributed by atoms with Crippen LogP contribution in [0.1, 0.15) is 13.8 Å². The molecule has 68 valence electrons. The first-order valence-electron chi connectivity index (χ1n) is 3.92. The molecule has 6 heteroatoms. The van der Waals surface area contributed by atoms with Crippen LogP contribution in [0.2, 0.25) is 0 Å². The summed E-state index contributed by atoms with van der Waals surface area (Å²) in [5.74, 6) is 0. The molecule has 0 saturated carbocycles. The molecule has 0 radical (unpaired) electrons. The predicted octanol–water partition coefficient (Wildman–Crippen LogP) is -4.94. The molecular formula is C8H12Li2N2O2. The standard InChI is InChI=1S/C8H12N2O2.2Li/c1-3-11-8(12-4-2)10-6-5-9-7-10;;/h5-6H,3-4H2,1-2H3;;/q-2;2*+1. The van der Waals surface area contributed by atoms with Crippen LogP contribution in [-0.4, -0.2) is 22.8 Å². The van der Waals surface area contributed by atoms with E-state index in [1.165, 1.54) is 0 Å². The summed E-state index contributed by atoms with van der Waals surface area (Å²) >= 11 is 0. The SMILES string of the molecule is CCO[C-](OCC)n1[c-]ncc1.[Li+].[Li+]. The third-order valence-electron chi connectivity index (χ3n) is 1.19. The van der Waals surface area contributed by atoms with Gasteiger partial charge in [-0.05, 0) is 13.8 Å². The number of hydrogen-bond donors (Lipinski definition) is 0. The molecule has 1 aromatic rings. The average Bonchev–Trinajstić information content (AvgIpc) is 2.56. The molecule has 0 aliphatic heterocycles. The number of aromatic nitrogens is 2. The van der Waals surface area contributed by atoms with Crippen molar-refractivity contribution in [2.75, 3.05) is 13.2 Å². The van der Waals surface area contributed by atoms with E-state index in [1.54, 1.807) is 17.0 Å². The summed E-state index contributed by atoms with van der Waals surface area (Å²) < 4.78 is 12.0. The monoisotopic (exact) mass is 182 g/mol. The Labute approximate surface area is 109 Å². The van der Waals surface area contributed by atoms with Crippen molar-refractivity contribution >= 4 is 0 Å². The summed E-state index contributed by atoms with van der Waals surface area (Å²) in [5.41, 5.74) is 0. The van der Waals surface area contributed by atoms with Gasteiger partial charge >= 0.3 is 37.7 Å². The second kappa shape index (κ2) is 9.74. The Bertz CT molecular complexity index is 201. The van der Waals surface area contributed by atoms with Gasteiger partial charge in [0.15, 0.2) is 0 Å². The van der Waals surface area contributed by atoms with Gasteiger partial charge in [0.05, 0.1) is 0 Å². The van der Waals surface area contributed by atoms with Crippen LogP contribution in [0.3, 0.4) is 0 Å². The molecule has 0 spiro atoms. The van der Waals surface area contributed by atoms with Crippen molar-refractivity contribution in [3.8, 4) is 0 Å². The molecule has 1 heterocycles. The van der Waals surface area contributed by atoms with Gasteiger partial charge in [0.1, 0.15) is 0 Å². The van der Waals surface area contributed by atoms with Gasteiger partial charge < -0.3 is 19.0 Å². The number of rotatable bonds is 5. The summed E-state index contributed by atoms with van der Waals surface area (Å²) in [6, 6.07) is 0. The number of ether oxygens (including phenoxy) is 2. The van der Waals surface area contributed by atoms with E-state index in [0.29, 0.717) is 19.6 Å². The van der Waals surface area contributed by atoms with E-state index in [-0.39, 0.29) is 37.7 Å². The first kappa shape index (κ1) is 16.6. The van der Waals surface area contributed by atoms with E-state index < -0.39 is 0 Å². The summed E-state index contributed by atoms with van der Waals surface area (Å²) in [6.07, 6.45) is 6.46. The molecule has 4 nitrogen and oxygen atoms in total. The molecule has 0 aliphatic rings. The Hall–Kier alpha value is 0.195. The maximum Gasteiger partial charge on any atom is 1.00 e. The molecule has 0 amide bonds. The average molecular weight is 182 g/mol. The summed E-state index contributed by atoms with van der Waals surface area (Å²) in [7, 11) is 0. The molecule has 0 bridgehead atoms. The molecule has 14 heavy (non-hydrogen) atoms. The fourth-order valence-electron chi connectivity index (χ4n) is 0.758. The van der Waals surface area contributed by atoms with Crippen LogP contribution in [0.4, 0.5) is 0 Å². The van der Waals surface area contributed by atoms with Gasteiger partial charge in [0, 0.05) is 19.6 Å². The van der Waals surface area contributed by atoms with Gasteiger partial charge in [0.25, 0.3) is 0 Å². The van der Waals surface area contributed by atoms with Gasteiger partial charge in [-0.1, -0.05) is 6.20 Å². The number of imidazole rings is 1. The van der Waals surface area contributed by atoms with Crippen LogP contribution in [0, 0.1) is 12.7 Å². The molecule has 0 saturated heterocycles. The van der Waals surface area contributed by atoms with Crippen LogP contribution < -0.4 is 37.7 Å². The second-order valence-corrected chi connectivity index (χ2v) is 2.03. The number of nitrogens with zero attached hydrogens (tertiary/aromatic N) is 2. The minimum atomic E-state index is 0. The van der Waals surface area contributed by atoms with Crippen LogP contribution in [0.5, 0.6) is 0 Å². The maximum atomic E-state index is 5.21. The fraction of sp³-hybridized carbons (Fsp3) is 0.500. The predicted molar refractivity (Wildman–Crippen MR) is 43.0 cm³/mol. The summed E-state index contributed by atoms with van der Waals surface area (Å²) in [6.45, 7) is 4.94. The zero-order valence-electron chi connectivity index (χ0n) is 9.28. The summed E-state index contributed by atoms with van der Waals surface area (Å²) in [4.78, 5) is 3.76. The topological polar surface area (TPSA) is 36.3 Å². The van der Waals surface area contributed by atoms with Gasteiger partial charge in [-0.25, -0.2) is 0 Å². The smallest absolute Gasteiger partial charge is 0.596 e. The third kappa shape index (κ3) is 5.17. The van der Waals surface area contributed by atoms with Crippen LogP contribution in [0.25, 0.3) is 0 Å². The van der Waals surface area contributed by atoms with E-state index in [1.807, 2.05) is 13.8 Å². The fourth-order valence-corrected chi connectivity index (χ4v) is 0.758. The van der Waals surface area contributed by atoms with Crippen LogP contribution in [-0.2, 0) is 9.47 Å². The minimum absolute atomic E-state index is 0. The minimum Gasteiger partial charge on any atom is -0.596 e. The number of hydrogen-bond acceptors (Lipinski definition) is 3. The van der Waals surface area contributed by atoms with Crippen molar-refractivity contribution in [2.24, 2.45) is 0 Å². The van der Waals surface area contributed by atoms with Crippen molar-refractivity contribution in [1.29, 1.82) is 0 Å². The molecule has 0 aromatic carbocycles. The van der Waals surface area contributed by atoms with Crippen molar-refractivity contribution in [1.82, 2.24) is 9.55 Å². The van der Waals surface area contributed by atoms with Gasteiger partial charge in [0.2, 0.25) is 0 Å². The Kier molecular flexibility index (Phi) is 11.6. The normalized spacial score (nSPS) is 8.71. The third-order valence-corrected chi connectivity index (χ3v) is 1.19. The molecule has 1 rings (SSSR count). The largest absolute Gasteiger partial charge is 1.00 e. The maximum absolute atomic E-state index is 5.21. The van der Waals surface area contributed by atoms with Gasteiger partial charge in [-0.2, -0.15) is 12.5 Å². The zero-order valence-corrected chi connectivity index (χ0v) is 9.28. The van der Waals surface area contributed by atoms with Crippen molar-refractivity contribution in [3.05, 3.63) is 25.1 Å². The Balaban J connectivity index is 0. The first-order chi connectivity index (χ1) is 5.88. The van der Waals surface area contributed by atoms with Gasteiger partial charge in [-0.15, -0.1) is 0 Å². The Morgan fingerprint density at radius 3 is 2.21 bits per heavy atom. The van der Waals surface area contributed by atoms with E-state index in [4.69, 9.17) is 9.47 Å². The molecular weight excluding hydrogens is 170 g/mol. The van der Waals surface area contributed by atoms with Crippen molar-refractivity contribution in [3.63, 3.8) is 0 Å². The van der Waals surface area contributed by atoms with E-state index >= 15 is 0 Å². The van der Waals surface area contributed by atoms with Crippen LogP contribution >= 0.6 is 0 Å². The van der Waals surface area contributed by atoms with Gasteiger partial charge in [-0.3, -0.25) is 0 Å².